The van der Waals surface area contributed by atoms with Crippen LogP contribution in [-0.2, 0) is 6.61 Å². The van der Waals surface area contributed by atoms with Crippen molar-refractivity contribution >= 4 is 23.4 Å². The number of aromatic carboxylic acids is 1. The Bertz CT molecular complexity index is 660. The highest BCUT2D eigenvalue weighted by Crippen LogP contribution is 2.17. The summed E-state index contributed by atoms with van der Waals surface area (Å²) in [7, 11) is 0. The molecular formula is C15H16ClN3O3. The quantitative estimate of drug-likeness (QED) is 0.849. The lowest BCUT2D eigenvalue weighted by Crippen LogP contribution is -2.17. The van der Waals surface area contributed by atoms with E-state index >= 15 is 0 Å². The molecule has 0 atom stereocenters. The fraction of sp³-hybridized carbons (Fsp3) is 0.267. The summed E-state index contributed by atoms with van der Waals surface area (Å²) >= 11 is 5.80. The zero-order valence-electron chi connectivity index (χ0n) is 12.2. The van der Waals surface area contributed by atoms with Crippen LogP contribution in [0.4, 0.5) is 5.82 Å². The Morgan fingerprint density at radius 1 is 1.36 bits per heavy atom. The van der Waals surface area contributed by atoms with Gasteiger partial charge in [0.2, 0.25) is 0 Å². The number of carboxylic acid groups (broad SMARTS) is 1. The van der Waals surface area contributed by atoms with Gasteiger partial charge in [-0.05, 0) is 38.1 Å². The van der Waals surface area contributed by atoms with Crippen LogP contribution in [0.25, 0.3) is 0 Å². The molecule has 0 amide bonds. The molecular weight excluding hydrogens is 306 g/mol. The van der Waals surface area contributed by atoms with Crippen molar-refractivity contribution in [2.75, 3.05) is 5.32 Å². The number of carboxylic acids is 1. The molecule has 7 heteroatoms. The van der Waals surface area contributed by atoms with E-state index in [9.17, 15) is 4.79 Å². The molecule has 0 saturated carbocycles. The number of nitrogens with one attached hydrogen (secondary N) is 1. The van der Waals surface area contributed by atoms with Gasteiger partial charge in [0.05, 0.1) is 0 Å². The van der Waals surface area contributed by atoms with Crippen LogP contribution >= 0.6 is 11.6 Å². The third-order valence-corrected chi connectivity index (χ3v) is 2.93. The van der Waals surface area contributed by atoms with E-state index in [1.165, 1.54) is 6.20 Å². The molecule has 2 rings (SSSR count). The summed E-state index contributed by atoms with van der Waals surface area (Å²) in [5.41, 5.74) is 0.0314. The van der Waals surface area contributed by atoms with Crippen molar-refractivity contribution in [2.45, 2.75) is 26.5 Å². The summed E-state index contributed by atoms with van der Waals surface area (Å²) in [5.74, 6) is 0.234. The third kappa shape index (κ3) is 4.33. The number of aromatic nitrogens is 2. The summed E-state index contributed by atoms with van der Waals surface area (Å²) in [6.45, 7) is 3.93. The SMILES string of the molecule is CC(C)Nc1nc(COc2ccc(Cl)cc2)ncc1C(=O)O. The molecule has 0 unspecified atom stereocenters. The predicted octanol–water partition coefficient (Wildman–Crippen LogP) is 3.23. The summed E-state index contributed by atoms with van der Waals surface area (Å²) in [4.78, 5) is 19.4. The molecule has 6 nitrogen and oxygen atoms in total. The number of anilines is 1. The lowest BCUT2D eigenvalue weighted by molar-refractivity contribution is 0.0697. The Morgan fingerprint density at radius 3 is 2.64 bits per heavy atom. The summed E-state index contributed by atoms with van der Waals surface area (Å²) < 4.78 is 5.55. The van der Waals surface area contributed by atoms with Crippen LogP contribution in [0.5, 0.6) is 5.75 Å². The first-order valence-electron chi connectivity index (χ1n) is 6.70. The lowest BCUT2D eigenvalue weighted by Gasteiger charge is -2.13. The van der Waals surface area contributed by atoms with Gasteiger partial charge in [0.1, 0.15) is 23.7 Å². The maximum atomic E-state index is 11.2. The van der Waals surface area contributed by atoms with Crippen molar-refractivity contribution in [3.05, 3.63) is 46.9 Å². The van der Waals surface area contributed by atoms with E-state index in [1.807, 2.05) is 13.8 Å². The molecule has 0 aliphatic carbocycles. The van der Waals surface area contributed by atoms with E-state index in [1.54, 1.807) is 24.3 Å². The molecule has 0 aliphatic heterocycles. The highest BCUT2D eigenvalue weighted by atomic mass is 35.5. The van der Waals surface area contributed by atoms with Crippen molar-refractivity contribution in [2.24, 2.45) is 0 Å². The second kappa shape index (κ2) is 7.09. The number of halogens is 1. The van der Waals surface area contributed by atoms with Gasteiger partial charge in [-0.15, -0.1) is 0 Å². The number of rotatable bonds is 6. The van der Waals surface area contributed by atoms with Gasteiger partial charge in [-0.25, -0.2) is 14.8 Å². The molecule has 0 saturated heterocycles. The summed E-state index contributed by atoms with van der Waals surface area (Å²) in [5, 5.41) is 12.8. The van der Waals surface area contributed by atoms with Crippen molar-refractivity contribution < 1.29 is 14.6 Å². The molecule has 0 aliphatic rings. The van der Waals surface area contributed by atoms with Gasteiger partial charge in [0.25, 0.3) is 0 Å². The number of hydrogen-bond donors (Lipinski definition) is 2. The van der Waals surface area contributed by atoms with Gasteiger partial charge in [0, 0.05) is 17.3 Å². The zero-order chi connectivity index (χ0) is 16.1. The lowest BCUT2D eigenvalue weighted by atomic mass is 10.3. The normalized spacial score (nSPS) is 10.5. The van der Waals surface area contributed by atoms with Gasteiger partial charge in [0.15, 0.2) is 5.82 Å². The smallest absolute Gasteiger partial charge is 0.341 e. The number of hydrogen-bond acceptors (Lipinski definition) is 5. The average molecular weight is 322 g/mol. The van der Waals surface area contributed by atoms with Crippen LogP contribution in [0.2, 0.25) is 5.02 Å². The van der Waals surface area contributed by atoms with Gasteiger partial charge < -0.3 is 15.2 Å². The van der Waals surface area contributed by atoms with E-state index in [0.29, 0.717) is 16.6 Å². The molecule has 2 N–H and O–H groups in total. The molecule has 1 aromatic heterocycles. The van der Waals surface area contributed by atoms with E-state index in [4.69, 9.17) is 21.4 Å². The van der Waals surface area contributed by atoms with Crippen LogP contribution in [0.1, 0.15) is 30.0 Å². The van der Waals surface area contributed by atoms with Crippen LogP contribution in [0.3, 0.4) is 0 Å². The molecule has 0 spiro atoms. The standard InChI is InChI=1S/C15H16ClN3O3/c1-9(2)18-14-12(15(20)21)7-17-13(19-14)8-22-11-5-3-10(16)4-6-11/h3-7,9H,8H2,1-2H3,(H,20,21)(H,17,18,19). The Hall–Kier alpha value is -2.34. The minimum Gasteiger partial charge on any atom is -0.486 e. The van der Waals surface area contributed by atoms with Crippen molar-refractivity contribution in [1.82, 2.24) is 9.97 Å². The molecule has 22 heavy (non-hydrogen) atoms. The Kier molecular flexibility index (Phi) is 5.16. The van der Waals surface area contributed by atoms with E-state index in [2.05, 4.69) is 15.3 Å². The van der Waals surface area contributed by atoms with Crippen LogP contribution < -0.4 is 10.1 Å². The van der Waals surface area contributed by atoms with E-state index < -0.39 is 5.97 Å². The van der Waals surface area contributed by atoms with Crippen molar-refractivity contribution in [3.8, 4) is 5.75 Å². The fourth-order valence-corrected chi connectivity index (χ4v) is 1.83. The van der Waals surface area contributed by atoms with E-state index in [0.717, 1.165) is 0 Å². The van der Waals surface area contributed by atoms with Crippen LogP contribution in [0.15, 0.2) is 30.5 Å². The Labute approximate surface area is 133 Å². The second-order valence-electron chi connectivity index (χ2n) is 4.90. The predicted molar refractivity (Wildman–Crippen MR) is 83.5 cm³/mol. The number of benzene rings is 1. The second-order valence-corrected chi connectivity index (χ2v) is 5.33. The first kappa shape index (κ1) is 16.0. The third-order valence-electron chi connectivity index (χ3n) is 2.68. The Balaban J connectivity index is 2.13. The van der Waals surface area contributed by atoms with Crippen LogP contribution in [-0.4, -0.2) is 27.1 Å². The van der Waals surface area contributed by atoms with Gasteiger partial charge >= 0.3 is 5.97 Å². The van der Waals surface area contributed by atoms with Gasteiger partial charge in [-0.1, -0.05) is 11.6 Å². The fourth-order valence-electron chi connectivity index (χ4n) is 1.71. The summed E-state index contributed by atoms with van der Waals surface area (Å²) in [6, 6.07) is 6.97. The topological polar surface area (TPSA) is 84.3 Å². The number of ether oxygens (including phenoxy) is 1. The summed E-state index contributed by atoms with van der Waals surface area (Å²) in [6.07, 6.45) is 1.28. The largest absolute Gasteiger partial charge is 0.486 e. The molecule has 0 fully saturated rings. The molecule has 116 valence electrons. The highest BCUT2D eigenvalue weighted by Gasteiger charge is 2.14. The maximum Gasteiger partial charge on any atom is 0.341 e. The minimum absolute atomic E-state index is 0.0314. The Morgan fingerprint density at radius 2 is 2.05 bits per heavy atom. The zero-order valence-corrected chi connectivity index (χ0v) is 13.0. The molecule has 0 bridgehead atoms. The first-order chi connectivity index (χ1) is 10.5. The van der Waals surface area contributed by atoms with Gasteiger partial charge in [-0.2, -0.15) is 0 Å². The monoisotopic (exact) mass is 321 g/mol. The molecule has 0 radical (unpaired) electrons. The van der Waals surface area contributed by atoms with Crippen molar-refractivity contribution in [3.63, 3.8) is 0 Å². The molecule has 2 aromatic rings. The van der Waals surface area contributed by atoms with Crippen LogP contribution in [0, 0.1) is 0 Å². The maximum absolute atomic E-state index is 11.2. The molecule has 1 aromatic carbocycles. The number of carbonyl (C=O) groups is 1. The van der Waals surface area contributed by atoms with Gasteiger partial charge in [-0.3, -0.25) is 0 Å². The number of nitrogens with zero attached hydrogens (tertiary/aromatic N) is 2. The average Bonchev–Trinajstić information content (AvgIpc) is 2.46. The molecule has 1 heterocycles. The minimum atomic E-state index is -1.08. The van der Waals surface area contributed by atoms with Crippen molar-refractivity contribution in [1.29, 1.82) is 0 Å². The highest BCUT2D eigenvalue weighted by molar-refractivity contribution is 6.30. The van der Waals surface area contributed by atoms with E-state index in [-0.39, 0.29) is 24.0 Å². The first-order valence-corrected chi connectivity index (χ1v) is 7.07.